The Balaban J connectivity index is 2.99. The molecule has 2 aromatic rings. The lowest BCUT2D eigenvalue weighted by molar-refractivity contribution is 0.0776. The fraction of sp³-hybridized carbons (Fsp3) is 0.579. The summed E-state index contributed by atoms with van der Waals surface area (Å²) in [7, 11) is -2.06. The number of hydrogen-bond acceptors (Lipinski definition) is 3. The van der Waals surface area contributed by atoms with Gasteiger partial charge in [0, 0.05) is 34.1 Å². The van der Waals surface area contributed by atoms with Crippen LogP contribution in [0.2, 0.25) is 18.1 Å². The maximum Gasteiger partial charge on any atom is 0.236 e. The Morgan fingerprint density at radius 3 is 2.25 bits per heavy atom. The lowest BCUT2D eigenvalue weighted by atomic mass is 9.95. The molecule has 0 aliphatic heterocycles. The lowest BCUT2D eigenvalue weighted by Gasteiger charge is -2.39. The average Bonchev–Trinajstić information content (AvgIpc) is 2.78. The van der Waals surface area contributed by atoms with Crippen LogP contribution in [0.5, 0.6) is 0 Å². The standard InChI is InChI=1S/C19H30N2O2Si/c1-18(2,3)17(23)21-15-9-10-20-11-13(15)14(12-22)16(21)24(7,8)19(4,5)6/h9-11,22H,12H2,1-8H3. The Morgan fingerprint density at radius 2 is 1.79 bits per heavy atom. The number of aliphatic hydroxyl groups excluding tert-OH is 1. The molecule has 0 bridgehead atoms. The molecule has 0 saturated heterocycles. The van der Waals surface area contributed by atoms with Gasteiger partial charge < -0.3 is 5.11 Å². The monoisotopic (exact) mass is 346 g/mol. The number of hydrogen-bond donors (Lipinski definition) is 1. The largest absolute Gasteiger partial charge is 0.392 e. The average molecular weight is 347 g/mol. The van der Waals surface area contributed by atoms with E-state index < -0.39 is 13.5 Å². The van der Waals surface area contributed by atoms with E-state index >= 15 is 0 Å². The second kappa shape index (κ2) is 5.81. The first-order valence-electron chi connectivity index (χ1n) is 8.47. The van der Waals surface area contributed by atoms with Crippen LogP contribution >= 0.6 is 0 Å². The van der Waals surface area contributed by atoms with Crippen molar-refractivity contribution in [1.82, 2.24) is 9.55 Å². The minimum absolute atomic E-state index is 0.0502. The molecule has 0 aliphatic carbocycles. The van der Waals surface area contributed by atoms with Crippen LogP contribution in [-0.4, -0.2) is 28.6 Å². The Bertz CT molecular complexity index is 777. The van der Waals surface area contributed by atoms with Gasteiger partial charge in [0.25, 0.3) is 0 Å². The van der Waals surface area contributed by atoms with Gasteiger partial charge in [-0.25, -0.2) is 0 Å². The maximum absolute atomic E-state index is 13.3. The van der Waals surface area contributed by atoms with E-state index in [2.05, 4.69) is 38.8 Å². The third-order valence-electron chi connectivity index (χ3n) is 5.34. The molecule has 0 radical (unpaired) electrons. The molecule has 0 spiro atoms. The summed E-state index contributed by atoms with van der Waals surface area (Å²) < 4.78 is 1.88. The minimum atomic E-state index is -2.06. The molecule has 0 unspecified atom stereocenters. The van der Waals surface area contributed by atoms with E-state index in [9.17, 15) is 9.90 Å². The van der Waals surface area contributed by atoms with E-state index in [4.69, 9.17) is 0 Å². The van der Waals surface area contributed by atoms with Crippen molar-refractivity contribution in [2.75, 3.05) is 0 Å². The van der Waals surface area contributed by atoms with Gasteiger partial charge in [-0.2, -0.15) is 0 Å². The quantitative estimate of drug-likeness (QED) is 0.838. The van der Waals surface area contributed by atoms with Gasteiger partial charge in [0.15, 0.2) is 0 Å². The molecule has 0 amide bonds. The summed E-state index contributed by atoms with van der Waals surface area (Å²) in [5.74, 6) is 0.0678. The van der Waals surface area contributed by atoms with Gasteiger partial charge in [-0.15, -0.1) is 0 Å². The highest BCUT2D eigenvalue weighted by atomic mass is 28.3. The van der Waals surface area contributed by atoms with Gasteiger partial charge in [0.1, 0.15) is 8.07 Å². The molecular formula is C19H30N2O2Si. The molecule has 0 saturated carbocycles. The third-order valence-corrected chi connectivity index (χ3v) is 10.8. The van der Waals surface area contributed by atoms with Crippen LogP contribution in [0.15, 0.2) is 18.5 Å². The number of carbonyl (C=O) groups excluding carboxylic acids is 1. The second-order valence-corrected chi connectivity index (χ2v) is 14.4. The highest BCUT2D eigenvalue weighted by Crippen LogP contribution is 2.38. The molecule has 5 heteroatoms. The van der Waals surface area contributed by atoms with Crippen molar-refractivity contribution in [3.63, 3.8) is 0 Å². The highest BCUT2D eigenvalue weighted by molar-refractivity contribution is 6.92. The van der Waals surface area contributed by atoms with Crippen molar-refractivity contribution < 1.29 is 9.90 Å². The zero-order chi connectivity index (χ0) is 18.5. The van der Waals surface area contributed by atoms with Gasteiger partial charge in [-0.05, 0) is 11.1 Å². The van der Waals surface area contributed by atoms with Gasteiger partial charge in [0.2, 0.25) is 5.91 Å². The molecule has 0 fully saturated rings. The second-order valence-electron chi connectivity index (χ2n) is 9.14. The van der Waals surface area contributed by atoms with Crippen molar-refractivity contribution in [1.29, 1.82) is 0 Å². The number of carbonyl (C=O) groups is 1. The Labute approximate surface area is 145 Å². The Kier molecular flexibility index (Phi) is 4.57. The SMILES string of the molecule is CC(C)(C)C(=O)n1c([Si](C)(C)C(C)(C)C)c(CO)c2cnccc21. The summed E-state index contributed by atoms with van der Waals surface area (Å²) in [5, 5.41) is 12.1. The van der Waals surface area contributed by atoms with Crippen molar-refractivity contribution in [2.45, 2.75) is 66.3 Å². The van der Waals surface area contributed by atoms with E-state index in [1.807, 2.05) is 31.4 Å². The van der Waals surface area contributed by atoms with Gasteiger partial charge in [0.05, 0.1) is 12.1 Å². The van der Waals surface area contributed by atoms with Crippen LogP contribution in [0.1, 0.15) is 51.9 Å². The normalized spacial score (nSPS) is 13.5. The number of fused-ring (bicyclic) bond motifs is 1. The number of pyridine rings is 1. The van der Waals surface area contributed by atoms with Crippen LogP contribution in [-0.2, 0) is 6.61 Å². The predicted octanol–water partition coefficient (Wildman–Crippen LogP) is 3.93. The molecule has 0 aliphatic rings. The molecule has 24 heavy (non-hydrogen) atoms. The summed E-state index contributed by atoms with van der Waals surface area (Å²) in [6.45, 7) is 17.0. The summed E-state index contributed by atoms with van der Waals surface area (Å²) in [6, 6.07) is 1.88. The summed E-state index contributed by atoms with van der Waals surface area (Å²) in [4.78, 5) is 17.5. The van der Waals surface area contributed by atoms with Crippen molar-refractivity contribution in [3.05, 3.63) is 24.0 Å². The summed E-state index contributed by atoms with van der Waals surface area (Å²) >= 11 is 0. The van der Waals surface area contributed by atoms with Crippen molar-refractivity contribution in [3.8, 4) is 0 Å². The van der Waals surface area contributed by atoms with Gasteiger partial charge >= 0.3 is 0 Å². The van der Waals surface area contributed by atoms with Crippen molar-refractivity contribution in [2.24, 2.45) is 5.41 Å². The molecule has 0 aromatic carbocycles. The van der Waals surface area contributed by atoms with E-state index in [1.54, 1.807) is 12.4 Å². The van der Waals surface area contributed by atoms with Crippen LogP contribution in [0.25, 0.3) is 10.9 Å². The van der Waals surface area contributed by atoms with Gasteiger partial charge in [-0.3, -0.25) is 14.3 Å². The van der Waals surface area contributed by atoms with E-state index in [0.717, 1.165) is 21.8 Å². The number of aromatic nitrogens is 2. The highest BCUT2D eigenvalue weighted by Gasteiger charge is 2.43. The Hall–Kier alpha value is -1.46. The van der Waals surface area contributed by atoms with E-state index in [0.29, 0.717) is 0 Å². The zero-order valence-corrected chi connectivity index (χ0v) is 17.2. The van der Waals surface area contributed by atoms with Gasteiger partial charge in [-0.1, -0.05) is 54.6 Å². The van der Waals surface area contributed by atoms with Crippen LogP contribution in [0.3, 0.4) is 0 Å². The molecule has 4 nitrogen and oxygen atoms in total. The number of aliphatic hydroxyl groups is 1. The fourth-order valence-electron chi connectivity index (χ4n) is 2.92. The predicted molar refractivity (Wildman–Crippen MR) is 103 cm³/mol. The minimum Gasteiger partial charge on any atom is -0.392 e. The zero-order valence-electron chi connectivity index (χ0n) is 16.2. The third kappa shape index (κ3) is 2.84. The molecule has 2 heterocycles. The molecule has 132 valence electrons. The lowest BCUT2D eigenvalue weighted by Crippen LogP contribution is -2.56. The number of nitrogens with zero attached hydrogens (tertiary/aromatic N) is 2. The van der Waals surface area contributed by atoms with Crippen LogP contribution in [0, 0.1) is 5.41 Å². The first-order valence-corrected chi connectivity index (χ1v) is 11.5. The van der Waals surface area contributed by atoms with E-state index in [-0.39, 0.29) is 17.6 Å². The van der Waals surface area contributed by atoms with E-state index in [1.165, 1.54) is 0 Å². The molecule has 2 rings (SSSR count). The first-order chi connectivity index (χ1) is 10.8. The Morgan fingerprint density at radius 1 is 1.21 bits per heavy atom. The topological polar surface area (TPSA) is 55.1 Å². The molecule has 0 atom stereocenters. The number of rotatable bonds is 2. The summed E-state index contributed by atoms with van der Waals surface area (Å²) in [5.41, 5.74) is 1.22. The maximum atomic E-state index is 13.3. The molecule has 2 aromatic heterocycles. The first kappa shape index (κ1) is 18.9. The fourth-order valence-corrected chi connectivity index (χ4v) is 5.38. The van der Waals surface area contributed by atoms with Crippen LogP contribution in [0.4, 0.5) is 0 Å². The molecular weight excluding hydrogens is 316 g/mol. The van der Waals surface area contributed by atoms with Crippen LogP contribution < -0.4 is 5.32 Å². The summed E-state index contributed by atoms with van der Waals surface area (Å²) in [6.07, 6.45) is 3.48. The smallest absolute Gasteiger partial charge is 0.236 e. The molecule has 1 N–H and O–H groups in total. The van der Waals surface area contributed by atoms with Crippen molar-refractivity contribution >= 4 is 30.2 Å².